The quantitative estimate of drug-likeness (QED) is 0.289. The smallest absolute Gasteiger partial charge is 0.354 e. The summed E-state index contributed by atoms with van der Waals surface area (Å²) in [6.07, 6.45) is 4.35. The van der Waals surface area contributed by atoms with Gasteiger partial charge in [-0.25, -0.2) is 4.79 Å². The molecular formula is C29H29N5O4. The molecule has 5 rings (SSSR count). The molecular weight excluding hydrogens is 482 g/mol. The van der Waals surface area contributed by atoms with Crippen LogP contribution < -0.4 is 10.6 Å². The standard InChI is InChI=1S/C29H29N5O4/c1-32-17-19(15-25(32)28(36)31-20-16-26(29(37)38-3)33(2)18-20)30-27(35)13-8-14-34-23-11-6-4-9-21(23)22-10-5-7-12-24(22)34/h4-7,9-12,15-18H,8,13-14H2,1-3H3,(H,30,35)(H,31,36). The van der Waals surface area contributed by atoms with Gasteiger partial charge in [0.2, 0.25) is 5.91 Å². The van der Waals surface area contributed by atoms with Crippen molar-refractivity contribution in [1.29, 1.82) is 0 Å². The van der Waals surface area contributed by atoms with Crippen LogP contribution in [0.4, 0.5) is 11.4 Å². The number of aromatic nitrogens is 3. The second-order valence-electron chi connectivity index (χ2n) is 9.23. The highest BCUT2D eigenvalue weighted by Crippen LogP contribution is 2.29. The van der Waals surface area contributed by atoms with E-state index in [2.05, 4.69) is 39.5 Å². The molecule has 0 saturated carbocycles. The summed E-state index contributed by atoms with van der Waals surface area (Å²) in [5.41, 5.74) is 4.02. The van der Waals surface area contributed by atoms with E-state index in [1.165, 1.54) is 17.9 Å². The van der Waals surface area contributed by atoms with Crippen molar-refractivity contribution >= 4 is 51.0 Å². The highest BCUT2D eigenvalue weighted by atomic mass is 16.5. The third kappa shape index (κ3) is 4.78. The van der Waals surface area contributed by atoms with Crippen LogP contribution in [0.1, 0.15) is 33.8 Å². The van der Waals surface area contributed by atoms with Gasteiger partial charge in [0, 0.05) is 61.3 Å². The van der Waals surface area contributed by atoms with Crippen molar-refractivity contribution in [2.24, 2.45) is 14.1 Å². The molecule has 3 aromatic heterocycles. The topological polar surface area (TPSA) is 99.3 Å². The van der Waals surface area contributed by atoms with Gasteiger partial charge in [-0.3, -0.25) is 9.59 Å². The summed E-state index contributed by atoms with van der Waals surface area (Å²) in [5.74, 6) is -0.967. The third-order valence-corrected chi connectivity index (χ3v) is 6.64. The van der Waals surface area contributed by atoms with Gasteiger partial charge in [-0.15, -0.1) is 0 Å². The molecule has 3 heterocycles. The summed E-state index contributed by atoms with van der Waals surface area (Å²) in [6, 6.07) is 19.8. The first-order valence-electron chi connectivity index (χ1n) is 12.3. The number of nitrogens with zero attached hydrogens (tertiary/aromatic N) is 3. The first-order chi connectivity index (χ1) is 18.4. The summed E-state index contributed by atoms with van der Waals surface area (Å²) < 4.78 is 10.2. The van der Waals surface area contributed by atoms with Crippen LogP contribution in [0, 0.1) is 0 Å². The summed E-state index contributed by atoms with van der Waals surface area (Å²) in [4.78, 5) is 37.4. The molecule has 0 atom stereocenters. The predicted octanol–water partition coefficient (Wildman–Crippen LogP) is 4.93. The normalized spacial score (nSPS) is 11.1. The van der Waals surface area contributed by atoms with Crippen molar-refractivity contribution in [3.8, 4) is 0 Å². The van der Waals surface area contributed by atoms with Gasteiger partial charge in [0.15, 0.2) is 0 Å². The molecule has 0 aliphatic rings. The average molecular weight is 512 g/mol. The number of hydrogen-bond acceptors (Lipinski definition) is 4. The number of para-hydroxylation sites is 2. The van der Waals surface area contributed by atoms with Gasteiger partial charge >= 0.3 is 5.97 Å². The lowest BCUT2D eigenvalue weighted by Crippen LogP contribution is -2.15. The summed E-state index contributed by atoms with van der Waals surface area (Å²) >= 11 is 0. The van der Waals surface area contributed by atoms with Crippen LogP contribution >= 0.6 is 0 Å². The maximum absolute atomic E-state index is 12.8. The first-order valence-corrected chi connectivity index (χ1v) is 12.3. The Morgan fingerprint density at radius 2 is 1.34 bits per heavy atom. The molecule has 0 aliphatic heterocycles. The number of esters is 1. The van der Waals surface area contributed by atoms with Gasteiger partial charge in [-0.1, -0.05) is 36.4 Å². The third-order valence-electron chi connectivity index (χ3n) is 6.64. The van der Waals surface area contributed by atoms with E-state index < -0.39 is 5.97 Å². The monoisotopic (exact) mass is 511 g/mol. The molecule has 0 radical (unpaired) electrons. The number of carbonyl (C=O) groups excluding carboxylic acids is 3. The number of carbonyl (C=O) groups is 3. The van der Waals surface area contributed by atoms with E-state index in [0.717, 1.165) is 11.0 Å². The number of fused-ring (bicyclic) bond motifs is 3. The molecule has 9 heteroatoms. The van der Waals surface area contributed by atoms with Crippen LogP contribution in [0.5, 0.6) is 0 Å². The zero-order valence-electron chi connectivity index (χ0n) is 21.5. The zero-order chi connectivity index (χ0) is 26.8. The molecule has 2 aromatic carbocycles. The van der Waals surface area contributed by atoms with Crippen molar-refractivity contribution in [2.45, 2.75) is 19.4 Å². The van der Waals surface area contributed by atoms with Crippen molar-refractivity contribution in [3.63, 3.8) is 0 Å². The molecule has 2 N–H and O–H groups in total. The molecule has 0 unspecified atom stereocenters. The van der Waals surface area contributed by atoms with Gasteiger partial charge in [0.05, 0.1) is 18.5 Å². The second-order valence-corrected chi connectivity index (χ2v) is 9.23. The minimum atomic E-state index is -0.491. The van der Waals surface area contributed by atoms with Crippen LogP contribution in [0.15, 0.2) is 73.1 Å². The lowest BCUT2D eigenvalue weighted by atomic mass is 10.2. The SMILES string of the molecule is COC(=O)c1cc(NC(=O)c2cc(NC(=O)CCCn3c4ccccc4c4ccccc43)cn2C)cn1C. The average Bonchev–Trinajstić information content (AvgIpc) is 3.56. The highest BCUT2D eigenvalue weighted by Gasteiger charge is 2.17. The number of anilines is 2. The fourth-order valence-corrected chi connectivity index (χ4v) is 4.86. The largest absolute Gasteiger partial charge is 0.464 e. The summed E-state index contributed by atoms with van der Waals surface area (Å²) in [7, 11) is 4.73. The fourth-order valence-electron chi connectivity index (χ4n) is 4.86. The number of benzene rings is 2. The maximum atomic E-state index is 12.8. The van der Waals surface area contributed by atoms with Gasteiger partial charge < -0.3 is 29.1 Å². The summed E-state index contributed by atoms with van der Waals surface area (Å²) in [6.45, 7) is 0.717. The van der Waals surface area contributed by atoms with Gasteiger partial charge in [-0.05, 0) is 30.7 Å². The number of amides is 2. The van der Waals surface area contributed by atoms with Crippen LogP contribution in [0.2, 0.25) is 0 Å². The van der Waals surface area contributed by atoms with E-state index in [4.69, 9.17) is 4.74 Å². The number of aryl methyl sites for hydroxylation is 3. The predicted molar refractivity (Wildman–Crippen MR) is 147 cm³/mol. The van der Waals surface area contributed by atoms with Crippen LogP contribution in [0.3, 0.4) is 0 Å². The van der Waals surface area contributed by atoms with Crippen molar-refractivity contribution in [1.82, 2.24) is 13.7 Å². The molecule has 194 valence electrons. The molecule has 0 spiro atoms. The van der Waals surface area contributed by atoms with E-state index in [-0.39, 0.29) is 11.8 Å². The Hall–Kier alpha value is -4.79. The minimum absolute atomic E-state index is 0.117. The first kappa shape index (κ1) is 24.9. The maximum Gasteiger partial charge on any atom is 0.354 e. The molecule has 0 fully saturated rings. The van der Waals surface area contributed by atoms with Gasteiger partial charge in [-0.2, -0.15) is 0 Å². The zero-order valence-corrected chi connectivity index (χ0v) is 21.5. The molecule has 0 saturated heterocycles. The molecule has 0 bridgehead atoms. The molecule has 2 amide bonds. The number of rotatable bonds is 8. The Morgan fingerprint density at radius 3 is 1.97 bits per heavy atom. The Bertz CT molecular complexity index is 1620. The van der Waals surface area contributed by atoms with Crippen LogP contribution in [-0.2, 0) is 30.2 Å². The Labute approximate surface area is 219 Å². The number of methoxy groups -OCH3 is 1. The highest BCUT2D eigenvalue weighted by molar-refractivity contribution is 6.08. The number of hydrogen-bond donors (Lipinski definition) is 2. The van der Waals surface area contributed by atoms with E-state index >= 15 is 0 Å². The molecule has 9 nitrogen and oxygen atoms in total. The minimum Gasteiger partial charge on any atom is -0.464 e. The van der Waals surface area contributed by atoms with E-state index in [1.807, 2.05) is 24.3 Å². The molecule has 0 aliphatic carbocycles. The van der Waals surface area contributed by atoms with E-state index in [0.29, 0.717) is 42.1 Å². The van der Waals surface area contributed by atoms with Crippen molar-refractivity contribution in [2.75, 3.05) is 17.7 Å². The summed E-state index contributed by atoms with van der Waals surface area (Å²) in [5, 5.41) is 8.09. The lowest BCUT2D eigenvalue weighted by molar-refractivity contribution is -0.116. The van der Waals surface area contributed by atoms with Crippen LogP contribution in [-0.4, -0.2) is 38.6 Å². The Kier molecular flexibility index (Phi) is 6.74. The number of nitrogens with one attached hydrogen (secondary N) is 2. The number of ether oxygens (including phenoxy) is 1. The lowest BCUT2D eigenvalue weighted by Gasteiger charge is -2.08. The Morgan fingerprint density at radius 1 is 0.789 bits per heavy atom. The van der Waals surface area contributed by atoms with Gasteiger partial charge in [0.1, 0.15) is 11.4 Å². The van der Waals surface area contributed by atoms with Crippen LogP contribution in [0.25, 0.3) is 21.8 Å². The molecule has 5 aromatic rings. The van der Waals surface area contributed by atoms with Gasteiger partial charge in [0.25, 0.3) is 5.91 Å². The fraction of sp³-hybridized carbons (Fsp3) is 0.207. The Balaban J connectivity index is 1.21. The van der Waals surface area contributed by atoms with E-state index in [9.17, 15) is 14.4 Å². The molecule has 38 heavy (non-hydrogen) atoms. The van der Waals surface area contributed by atoms with E-state index in [1.54, 1.807) is 47.8 Å². The van der Waals surface area contributed by atoms with Crippen molar-refractivity contribution < 1.29 is 19.1 Å². The van der Waals surface area contributed by atoms with Crippen molar-refractivity contribution in [3.05, 3.63) is 84.4 Å². The second kappa shape index (κ2) is 10.3.